The van der Waals surface area contributed by atoms with Gasteiger partial charge in [-0.05, 0) is 49.7 Å². The van der Waals surface area contributed by atoms with E-state index < -0.39 is 0 Å². The summed E-state index contributed by atoms with van der Waals surface area (Å²) < 4.78 is 0. The Kier molecular flexibility index (Phi) is 7.30. The van der Waals surface area contributed by atoms with Crippen molar-refractivity contribution < 1.29 is 0 Å². The number of nitrogens with zero attached hydrogens (tertiary/aromatic N) is 1. The first kappa shape index (κ1) is 27.6. The third-order valence-electron chi connectivity index (χ3n) is 8.80. The molecule has 2 nitrogen and oxygen atoms in total. The molecule has 8 aromatic rings. The first-order chi connectivity index (χ1) is 22.8. The van der Waals surface area contributed by atoms with Gasteiger partial charge in [0.2, 0.25) is 0 Å². The molecule has 8 rings (SSSR count). The summed E-state index contributed by atoms with van der Waals surface area (Å²) in [5, 5.41) is 11.2. The molecule has 0 spiro atoms. The van der Waals surface area contributed by atoms with E-state index in [2.05, 4.69) is 181 Å². The van der Waals surface area contributed by atoms with E-state index in [1.54, 1.807) is 0 Å². The van der Waals surface area contributed by atoms with Crippen LogP contribution in [-0.4, -0.2) is 5.71 Å². The first-order valence-electron chi connectivity index (χ1n) is 15.8. The van der Waals surface area contributed by atoms with Crippen LogP contribution >= 0.6 is 0 Å². The summed E-state index contributed by atoms with van der Waals surface area (Å²) in [6, 6.07) is 60.1. The molecule has 0 radical (unpaired) electrons. The molecule has 0 aliphatic rings. The maximum atomic E-state index is 5.24. The van der Waals surface area contributed by atoms with Gasteiger partial charge in [0.05, 0.1) is 12.3 Å². The van der Waals surface area contributed by atoms with Crippen LogP contribution in [0.15, 0.2) is 181 Å². The molecule has 218 valence electrons. The predicted octanol–water partition coefficient (Wildman–Crippen LogP) is 11.1. The van der Waals surface area contributed by atoms with Crippen molar-refractivity contribution in [3.8, 4) is 0 Å². The van der Waals surface area contributed by atoms with E-state index in [1.807, 2.05) is 0 Å². The van der Waals surface area contributed by atoms with E-state index >= 15 is 0 Å². The van der Waals surface area contributed by atoms with E-state index in [-0.39, 0.29) is 0 Å². The Hall–Kier alpha value is -5.99. The quantitative estimate of drug-likeness (QED) is 0.139. The van der Waals surface area contributed by atoms with Gasteiger partial charge in [-0.3, -0.25) is 4.99 Å². The second kappa shape index (κ2) is 12.2. The van der Waals surface area contributed by atoms with Gasteiger partial charge in [0.1, 0.15) is 0 Å². The van der Waals surface area contributed by atoms with Gasteiger partial charge < -0.3 is 5.32 Å². The van der Waals surface area contributed by atoms with Gasteiger partial charge in [-0.1, -0.05) is 164 Å². The van der Waals surface area contributed by atoms with E-state index in [0.29, 0.717) is 6.54 Å². The fraction of sp³-hybridized carbons (Fsp3) is 0.0227. The smallest absolute Gasteiger partial charge is 0.0723 e. The Bertz CT molecular complexity index is 2070. The second-order valence-corrected chi connectivity index (χ2v) is 11.6. The Balaban J connectivity index is 1.22. The van der Waals surface area contributed by atoms with Crippen LogP contribution in [0.2, 0.25) is 0 Å². The zero-order chi connectivity index (χ0) is 30.7. The Morgan fingerprint density at radius 2 is 0.913 bits per heavy atom. The van der Waals surface area contributed by atoms with Crippen LogP contribution < -0.4 is 5.32 Å². The van der Waals surface area contributed by atoms with Gasteiger partial charge in [-0.15, -0.1) is 0 Å². The minimum Gasteiger partial charge on any atom is -0.361 e. The molecule has 0 aliphatic carbocycles. The Morgan fingerprint density at radius 3 is 1.48 bits per heavy atom. The van der Waals surface area contributed by atoms with E-state index in [0.717, 1.165) is 28.1 Å². The van der Waals surface area contributed by atoms with Gasteiger partial charge in [0, 0.05) is 34.0 Å². The normalized spacial score (nSPS) is 11.1. The molecule has 0 heterocycles. The van der Waals surface area contributed by atoms with E-state index in [4.69, 9.17) is 4.99 Å². The molecule has 2 heteroatoms. The molecule has 0 saturated carbocycles. The van der Waals surface area contributed by atoms with Crippen LogP contribution in [0.25, 0.3) is 37.9 Å². The van der Waals surface area contributed by atoms with Gasteiger partial charge in [0.15, 0.2) is 0 Å². The van der Waals surface area contributed by atoms with Gasteiger partial charge >= 0.3 is 0 Å². The van der Waals surface area contributed by atoms with Crippen LogP contribution in [0.5, 0.6) is 0 Å². The predicted molar refractivity (Wildman–Crippen MR) is 196 cm³/mol. The summed E-state index contributed by atoms with van der Waals surface area (Å²) in [5.74, 6) is 0. The number of anilines is 1. The Labute approximate surface area is 269 Å². The van der Waals surface area contributed by atoms with E-state index in [9.17, 15) is 0 Å². The third kappa shape index (κ3) is 5.21. The lowest BCUT2D eigenvalue weighted by Crippen LogP contribution is -2.04. The van der Waals surface area contributed by atoms with Gasteiger partial charge in [0.25, 0.3) is 0 Å². The number of benzene rings is 8. The maximum absolute atomic E-state index is 5.24. The lowest BCUT2D eigenvalue weighted by Gasteiger charge is -2.16. The van der Waals surface area contributed by atoms with Crippen LogP contribution in [0, 0.1) is 0 Å². The van der Waals surface area contributed by atoms with Crippen molar-refractivity contribution in [3.63, 3.8) is 0 Å². The fourth-order valence-electron chi connectivity index (χ4n) is 6.55. The van der Waals surface area contributed by atoms with Crippen molar-refractivity contribution in [1.29, 1.82) is 0 Å². The topological polar surface area (TPSA) is 24.4 Å². The lowest BCUT2D eigenvalue weighted by atomic mass is 9.91. The summed E-state index contributed by atoms with van der Waals surface area (Å²) in [6.45, 7) is 0.596. The molecule has 0 aliphatic heterocycles. The van der Waals surface area contributed by atoms with Crippen LogP contribution in [-0.2, 0) is 6.54 Å². The molecular weight excluding hydrogens is 556 g/mol. The molecule has 0 amide bonds. The highest BCUT2D eigenvalue weighted by molar-refractivity contribution is 6.26. The number of nitrogens with one attached hydrogen (secondary N) is 1. The number of rotatable bonds is 8. The number of hydrogen-bond acceptors (Lipinski definition) is 2. The lowest BCUT2D eigenvalue weighted by molar-refractivity contribution is 1.08. The average molecular weight is 589 g/mol. The van der Waals surface area contributed by atoms with Crippen molar-refractivity contribution >= 4 is 49.3 Å². The van der Waals surface area contributed by atoms with Crippen molar-refractivity contribution in [2.75, 3.05) is 5.32 Å². The monoisotopic (exact) mass is 588 g/mol. The summed E-state index contributed by atoms with van der Waals surface area (Å²) in [7, 11) is 0. The largest absolute Gasteiger partial charge is 0.361 e. The van der Waals surface area contributed by atoms with Gasteiger partial charge in [-0.25, -0.2) is 0 Å². The van der Waals surface area contributed by atoms with Crippen molar-refractivity contribution in [1.82, 2.24) is 0 Å². The standard InChI is InChI=1S/C44H32N2/c1-5-13-31(14-6-1)40(32-15-7-2-8-16-32)30-45-41-28-25-34-23-26-38-37(22-21-33-24-27-39(41)43(34)42(33)38)29-46-44(35-17-9-3-10-18-35)36-19-11-4-12-20-36/h1-28,30,45H,29H2. The average Bonchev–Trinajstić information content (AvgIpc) is 3.13. The van der Waals surface area contributed by atoms with Crippen molar-refractivity contribution in [2.45, 2.75) is 6.54 Å². The van der Waals surface area contributed by atoms with Crippen LogP contribution in [0.4, 0.5) is 5.69 Å². The molecule has 0 bridgehead atoms. The molecule has 0 aromatic heterocycles. The SMILES string of the molecule is C(Nc1ccc2ccc3c(CN=C(c4ccccc4)c4ccccc4)ccc4ccc1c2c43)=C(c1ccccc1)c1ccccc1. The molecule has 46 heavy (non-hydrogen) atoms. The first-order valence-corrected chi connectivity index (χ1v) is 15.8. The van der Waals surface area contributed by atoms with Crippen LogP contribution in [0.3, 0.4) is 0 Å². The summed E-state index contributed by atoms with van der Waals surface area (Å²) in [4.78, 5) is 5.24. The fourth-order valence-corrected chi connectivity index (χ4v) is 6.55. The molecule has 0 unspecified atom stereocenters. The number of hydrogen-bond donors (Lipinski definition) is 1. The zero-order valence-corrected chi connectivity index (χ0v) is 25.4. The Morgan fingerprint density at radius 1 is 0.457 bits per heavy atom. The molecule has 0 fully saturated rings. The highest BCUT2D eigenvalue weighted by Gasteiger charge is 2.14. The second-order valence-electron chi connectivity index (χ2n) is 11.6. The summed E-state index contributed by atoms with van der Waals surface area (Å²) >= 11 is 0. The molecular formula is C44H32N2. The van der Waals surface area contributed by atoms with Gasteiger partial charge in [-0.2, -0.15) is 0 Å². The zero-order valence-electron chi connectivity index (χ0n) is 25.4. The summed E-state index contributed by atoms with van der Waals surface area (Å²) in [6.07, 6.45) is 2.14. The highest BCUT2D eigenvalue weighted by Crippen LogP contribution is 2.39. The number of aliphatic imine (C=N–C) groups is 1. The third-order valence-corrected chi connectivity index (χ3v) is 8.80. The molecule has 8 aromatic carbocycles. The molecule has 0 saturated heterocycles. The van der Waals surface area contributed by atoms with Crippen LogP contribution in [0.1, 0.15) is 27.8 Å². The highest BCUT2D eigenvalue weighted by atomic mass is 14.8. The van der Waals surface area contributed by atoms with Crippen molar-refractivity contribution in [3.05, 3.63) is 204 Å². The molecule has 1 N–H and O–H groups in total. The van der Waals surface area contributed by atoms with Crippen molar-refractivity contribution in [2.24, 2.45) is 4.99 Å². The minimum absolute atomic E-state index is 0.596. The summed E-state index contributed by atoms with van der Waals surface area (Å²) in [5.41, 5.74) is 9.08. The maximum Gasteiger partial charge on any atom is 0.0723 e. The molecule has 0 atom stereocenters. The minimum atomic E-state index is 0.596. The van der Waals surface area contributed by atoms with E-state index in [1.165, 1.54) is 49.0 Å².